The second-order valence-electron chi connectivity index (χ2n) is 6.69. The molecule has 0 aliphatic rings. The predicted octanol–water partition coefficient (Wildman–Crippen LogP) is 4.35. The standard InChI is InChI=1S/C23H19N3O5S/c1-2-26(23-25-17-6-3-4-8-19(17)32-23)20(27)14-31-22(29)15-9-11-16(12-10-15)24-21(28)18-7-5-13-30-18/h3-13H,2,14H2,1H3,(H,24,28). The van der Waals surface area contributed by atoms with Gasteiger partial charge in [0.1, 0.15) is 0 Å². The number of carbonyl (C=O) groups is 3. The number of nitrogens with one attached hydrogen (secondary N) is 1. The summed E-state index contributed by atoms with van der Waals surface area (Å²) in [6.45, 7) is 1.83. The number of amides is 2. The molecule has 2 aromatic carbocycles. The van der Waals surface area contributed by atoms with Gasteiger partial charge in [0.15, 0.2) is 17.5 Å². The highest BCUT2D eigenvalue weighted by molar-refractivity contribution is 7.22. The van der Waals surface area contributed by atoms with Gasteiger partial charge in [0.05, 0.1) is 22.0 Å². The van der Waals surface area contributed by atoms with E-state index in [1.54, 1.807) is 24.3 Å². The highest BCUT2D eigenvalue weighted by Crippen LogP contribution is 2.28. The molecule has 32 heavy (non-hydrogen) atoms. The minimum atomic E-state index is -0.636. The van der Waals surface area contributed by atoms with Crippen LogP contribution in [0.15, 0.2) is 71.3 Å². The lowest BCUT2D eigenvalue weighted by Crippen LogP contribution is -2.34. The van der Waals surface area contributed by atoms with Crippen LogP contribution in [0.5, 0.6) is 0 Å². The van der Waals surface area contributed by atoms with Gasteiger partial charge in [-0.15, -0.1) is 0 Å². The van der Waals surface area contributed by atoms with Crippen molar-refractivity contribution >= 4 is 50.2 Å². The van der Waals surface area contributed by atoms with Crippen molar-refractivity contribution in [2.24, 2.45) is 0 Å². The number of thiazole rings is 1. The highest BCUT2D eigenvalue weighted by atomic mass is 32.1. The number of nitrogens with zero attached hydrogens (tertiary/aromatic N) is 2. The number of esters is 1. The van der Waals surface area contributed by atoms with Crippen molar-refractivity contribution in [1.29, 1.82) is 0 Å². The van der Waals surface area contributed by atoms with Crippen LogP contribution in [0, 0.1) is 0 Å². The Bertz CT molecular complexity index is 1220. The van der Waals surface area contributed by atoms with E-state index in [9.17, 15) is 14.4 Å². The summed E-state index contributed by atoms with van der Waals surface area (Å²) in [5, 5.41) is 3.22. The van der Waals surface area contributed by atoms with E-state index >= 15 is 0 Å². The monoisotopic (exact) mass is 449 g/mol. The number of furan rings is 1. The van der Waals surface area contributed by atoms with E-state index in [0.29, 0.717) is 17.4 Å². The Morgan fingerprint density at radius 2 is 1.84 bits per heavy atom. The van der Waals surface area contributed by atoms with E-state index in [1.807, 2.05) is 31.2 Å². The number of hydrogen-bond donors (Lipinski definition) is 1. The molecule has 0 aliphatic heterocycles. The fourth-order valence-electron chi connectivity index (χ4n) is 2.97. The second kappa shape index (κ2) is 9.44. The summed E-state index contributed by atoms with van der Waals surface area (Å²) in [5.41, 5.74) is 1.57. The molecular weight excluding hydrogens is 430 g/mol. The molecule has 0 saturated carbocycles. The van der Waals surface area contributed by atoms with Crippen molar-refractivity contribution < 1.29 is 23.5 Å². The molecule has 2 amide bonds. The van der Waals surface area contributed by atoms with Crippen LogP contribution in [0.4, 0.5) is 10.8 Å². The van der Waals surface area contributed by atoms with Gasteiger partial charge in [0.2, 0.25) is 0 Å². The Hall–Kier alpha value is -3.98. The number of benzene rings is 2. The third-order valence-electron chi connectivity index (χ3n) is 4.58. The number of ether oxygens (including phenoxy) is 1. The molecule has 4 rings (SSSR count). The van der Waals surface area contributed by atoms with Crippen molar-refractivity contribution in [2.45, 2.75) is 6.92 Å². The number of fused-ring (bicyclic) bond motifs is 1. The van der Waals surface area contributed by atoms with Crippen LogP contribution in [-0.2, 0) is 9.53 Å². The third kappa shape index (κ3) is 4.68. The molecule has 0 bridgehead atoms. The number of rotatable bonds is 7. The van der Waals surface area contributed by atoms with E-state index in [-0.39, 0.29) is 17.2 Å². The normalized spacial score (nSPS) is 10.7. The Morgan fingerprint density at radius 3 is 2.53 bits per heavy atom. The molecule has 8 nitrogen and oxygen atoms in total. The van der Waals surface area contributed by atoms with E-state index in [2.05, 4.69) is 10.3 Å². The minimum Gasteiger partial charge on any atom is -0.459 e. The topological polar surface area (TPSA) is 102 Å². The highest BCUT2D eigenvalue weighted by Gasteiger charge is 2.20. The first-order chi connectivity index (χ1) is 15.5. The number of hydrogen-bond acceptors (Lipinski definition) is 7. The van der Waals surface area contributed by atoms with Gasteiger partial charge in [0.25, 0.3) is 11.8 Å². The molecule has 2 aromatic heterocycles. The smallest absolute Gasteiger partial charge is 0.338 e. The third-order valence-corrected chi connectivity index (χ3v) is 5.64. The quantitative estimate of drug-likeness (QED) is 0.421. The summed E-state index contributed by atoms with van der Waals surface area (Å²) in [7, 11) is 0. The largest absolute Gasteiger partial charge is 0.459 e. The van der Waals surface area contributed by atoms with Crippen LogP contribution in [0.2, 0.25) is 0 Å². The summed E-state index contributed by atoms with van der Waals surface area (Å²) in [4.78, 5) is 43.0. The molecular formula is C23H19N3O5S. The number of aromatic nitrogens is 1. The molecule has 162 valence electrons. The maximum Gasteiger partial charge on any atom is 0.338 e. The Morgan fingerprint density at radius 1 is 1.06 bits per heavy atom. The molecule has 0 saturated heterocycles. The summed E-state index contributed by atoms with van der Waals surface area (Å²) in [6.07, 6.45) is 1.41. The van der Waals surface area contributed by atoms with Gasteiger partial charge in [-0.1, -0.05) is 23.5 Å². The van der Waals surface area contributed by atoms with E-state index in [1.165, 1.54) is 34.6 Å². The maximum atomic E-state index is 12.6. The van der Waals surface area contributed by atoms with E-state index in [0.717, 1.165) is 10.2 Å². The summed E-state index contributed by atoms with van der Waals surface area (Å²) >= 11 is 1.41. The van der Waals surface area contributed by atoms with Gasteiger partial charge < -0.3 is 14.5 Å². The van der Waals surface area contributed by atoms with Crippen molar-refractivity contribution in [3.05, 3.63) is 78.3 Å². The first-order valence-electron chi connectivity index (χ1n) is 9.83. The number of likely N-dealkylation sites (N-methyl/N-ethyl adjacent to an activating group) is 1. The lowest BCUT2D eigenvalue weighted by molar-refractivity contribution is -0.121. The van der Waals surface area contributed by atoms with Gasteiger partial charge in [-0.2, -0.15) is 0 Å². The van der Waals surface area contributed by atoms with Crippen LogP contribution < -0.4 is 10.2 Å². The zero-order valence-electron chi connectivity index (χ0n) is 17.1. The molecule has 0 unspecified atom stereocenters. The molecule has 0 spiro atoms. The first kappa shape index (κ1) is 21.3. The molecule has 0 aliphatic carbocycles. The molecule has 9 heteroatoms. The summed E-state index contributed by atoms with van der Waals surface area (Å²) < 4.78 is 11.2. The average Bonchev–Trinajstić information content (AvgIpc) is 3.48. The van der Waals surface area contributed by atoms with Crippen LogP contribution in [0.3, 0.4) is 0 Å². The lowest BCUT2D eigenvalue weighted by atomic mass is 10.2. The van der Waals surface area contributed by atoms with Gasteiger partial charge >= 0.3 is 5.97 Å². The molecule has 0 radical (unpaired) electrons. The second-order valence-corrected chi connectivity index (χ2v) is 7.70. The Labute approximate surface area is 187 Å². The van der Waals surface area contributed by atoms with Crippen LogP contribution in [0.25, 0.3) is 10.2 Å². The van der Waals surface area contributed by atoms with Crippen molar-refractivity contribution in [1.82, 2.24) is 4.98 Å². The van der Waals surface area contributed by atoms with Crippen molar-refractivity contribution in [3.63, 3.8) is 0 Å². The maximum absolute atomic E-state index is 12.6. The number of anilines is 2. The van der Waals surface area contributed by atoms with Crippen LogP contribution >= 0.6 is 11.3 Å². The molecule has 1 N–H and O–H groups in total. The minimum absolute atomic E-state index is 0.181. The SMILES string of the molecule is CCN(C(=O)COC(=O)c1ccc(NC(=O)c2ccco2)cc1)c1nc2ccccc2s1. The summed E-state index contributed by atoms with van der Waals surface area (Å²) in [5.74, 6) is -1.21. The number of para-hydroxylation sites is 1. The van der Waals surface area contributed by atoms with E-state index in [4.69, 9.17) is 9.15 Å². The van der Waals surface area contributed by atoms with E-state index < -0.39 is 18.5 Å². The molecule has 0 fully saturated rings. The van der Waals surface area contributed by atoms with Gasteiger partial charge in [-0.25, -0.2) is 9.78 Å². The molecule has 4 aromatic rings. The van der Waals surface area contributed by atoms with Gasteiger partial charge in [-0.05, 0) is 55.5 Å². The first-order valence-corrected chi connectivity index (χ1v) is 10.6. The Kier molecular flexibility index (Phi) is 6.27. The van der Waals surface area contributed by atoms with Crippen molar-refractivity contribution in [3.8, 4) is 0 Å². The van der Waals surface area contributed by atoms with Crippen LogP contribution in [0.1, 0.15) is 27.8 Å². The Balaban J connectivity index is 1.35. The fraction of sp³-hybridized carbons (Fsp3) is 0.130. The zero-order valence-corrected chi connectivity index (χ0v) is 17.9. The molecule has 0 atom stereocenters. The van der Waals surface area contributed by atoms with Gasteiger partial charge in [0, 0.05) is 12.2 Å². The molecule has 2 heterocycles. The van der Waals surface area contributed by atoms with Crippen LogP contribution in [-0.4, -0.2) is 35.9 Å². The fourth-order valence-corrected chi connectivity index (χ4v) is 4.02. The van der Waals surface area contributed by atoms with Crippen molar-refractivity contribution in [2.75, 3.05) is 23.4 Å². The number of carbonyl (C=O) groups excluding carboxylic acids is 3. The average molecular weight is 449 g/mol. The zero-order chi connectivity index (χ0) is 22.5. The summed E-state index contributed by atoms with van der Waals surface area (Å²) in [6, 6.07) is 16.9. The van der Waals surface area contributed by atoms with Gasteiger partial charge in [-0.3, -0.25) is 14.5 Å². The predicted molar refractivity (Wildman–Crippen MR) is 121 cm³/mol. The lowest BCUT2D eigenvalue weighted by Gasteiger charge is -2.17.